The predicted octanol–water partition coefficient (Wildman–Crippen LogP) is 5.18. The first-order valence-electron chi connectivity index (χ1n) is 10.1. The summed E-state index contributed by atoms with van der Waals surface area (Å²) in [4.78, 5) is 13.2. The van der Waals surface area contributed by atoms with Crippen molar-refractivity contribution >= 4 is 23.0 Å². The van der Waals surface area contributed by atoms with Crippen molar-refractivity contribution in [2.24, 2.45) is 17.8 Å². The lowest BCUT2D eigenvalue weighted by atomic mass is 9.53. The molecule has 6 rings (SSSR count). The second-order valence-corrected chi connectivity index (χ2v) is 9.61. The number of hydrogen-bond acceptors (Lipinski definition) is 3. The van der Waals surface area contributed by atoms with Gasteiger partial charge in [0.2, 0.25) is 0 Å². The third kappa shape index (κ3) is 2.89. The van der Waals surface area contributed by atoms with Crippen molar-refractivity contribution in [2.75, 3.05) is 5.32 Å². The number of aromatic nitrogens is 2. The van der Waals surface area contributed by atoms with Crippen molar-refractivity contribution < 1.29 is 0 Å². The Bertz CT molecular complexity index is 909. The zero-order valence-electron chi connectivity index (χ0n) is 16.0. The van der Waals surface area contributed by atoms with E-state index in [0.717, 1.165) is 42.7 Å². The van der Waals surface area contributed by atoms with E-state index in [0.29, 0.717) is 5.69 Å². The zero-order valence-corrected chi connectivity index (χ0v) is 16.7. The van der Waals surface area contributed by atoms with Gasteiger partial charge in [-0.1, -0.05) is 17.7 Å². The van der Waals surface area contributed by atoms with Crippen LogP contribution in [0.3, 0.4) is 0 Å². The molecule has 0 aliphatic heterocycles. The second kappa shape index (κ2) is 6.10. The van der Waals surface area contributed by atoms with Crippen molar-refractivity contribution in [1.29, 1.82) is 0 Å². The summed E-state index contributed by atoms with van der Waals surface area (Å²) in [5.74, 6) is 2.28. The van der Waals surface area contributed by atoms with Gasteiger partial charge in [0.1, 0.15) is 5.02 Å². The number of nitrogens with zero attached hydrogens (tertiary/aromatic N) is 2. The number of rotatable bonds is 3. The summed E-state index contributed by atoms with van der Waals surface area (Å²) in [5.41, 5.74) is 3.62. The van der Waals surface area contributed by atoms with Crippen LogP contribution in [0.25, 0.3) is 0 Å². The Morgan fingerprint density at radius 3 is 2.15 bits per heavy atom. The molecule has 0 spiro atoms. The van der Waals surface area contributed by atoms with E-state index in [4.69, 9.17) is 11.6 Å². The van der Waals surface area contributed by atoms with E-state index < -0.39 is 0 Å². The van der Waals surface area contributed by atoms with Crippen LogP contribution in [0, 0.1) is 31.6 Å². The lowest BCUT2D eigenvalue weighted by Crippen LogP contribution is -2.55. The molecule has 1 aromatic carbocycles. The van der Waals surface area contributed by atoms with Crippen molar-refractivity contribution in [3.63, 3.8) is 0 Å². The van der Waals surface area contributed by atoms with Gasteiger partial charge in [0.15, 0.2) is 0 Å². The largest absolute Gasteiger partial charge is 0.353 e. The van der Waals surface area contributed by atoms with Crippen LogP contribution in [0.5, 0.6) is 0 Å². The quantitative estimate of drug-likeness (QED) is 0.794. The van der Waals surface area contributed by atoms with Crippen molar-refractivity contribution in [2.45, 2.75) is 57.9 Å². The number of benzene rings is 1. The van der Waals surface area contributed by atoms with Gasteiger partial charge in [-0.2, -0.15) is 5.10 Å². The SMILES string of the molecule is Cc1cc(C)cc(Nc2cnn(C34CC5CC(CC(C5)C3)C4)c(=O)c2Cl)c1. The molecule has 0 saturated heterocycles. The average Bonchev–Trinajstić information content (AvgIpc) is 2.57. The fourth-order valence-electron chi connectivity index (χ4n) is 6.38. The lowest BCUT2D eigenvalue weighted by Gasteiger charge is -2.56. The maximum Gasteiger partial charge on any atom is 0.288 e. The van der Waals surface area contributed by atoms with Gasteiger partial charge in [-0.25, -0.2) is 4.68 Å². The van der Waals surface area contributed by atoms with E-state index in [2.05, 4.69) is 30.3 Å². The topological polar surface area (TPSA) is 46.9 Å². The number of nitrogens with one attached hydrogen (secondary N) is 1. The Morgan fingerprint density at radius 2 is 1.59 bits per heavy atom. The minimum atomic E-state index is -0.145. The highest BCUT2D eigenvalue weighted by Crippen LogP contribution is 2.58. The van der Waals surface area contributed by atoms with E-state index >= 15 is 0 Å². The molecule has 4 nitrogen and oxygen atoms in total. The molecule has 5 heteroatoms. The molecule has 4 fully saturated rings. The van der Waals surface area contributed by atoms with E-state index in [1.807, 2.05) is 12.1 Å². The highest BCUT2D eigenvalue weighted by atomic mass is 35.5. The summed E-state index contributed by atoms with van der Waals surface area (Å²) in [6.07, 6.45) is 9.03. The monoisotopic (exact) mass is 383 g/mol. The Morgan fingerprint density at radius 1 is 1.04 bits per heavy atom. The molecule has 1 N–H and O–H groups in total. The van der Waals surface area contributed by atoms with Crippen molar-refractivity contribution in [1.82, 2.24) is 9.78 Å². The van der Waals surface area contributed by atoms with E-state index in [-0.39, 0.29) is 16.1 Å². The molecule has 1 aromatic heterocycles. The van der Waals surface area contributed by atoms with Crippen LogP contribution in [-0.4, -0.2) is 9.78 Å². The van der Waals surface area contributed by atoms with Crippen LogP contribution in [0.1, 0.15) is 49.7 Å². The second-order valence-electron chi connectivity index (χ2n) is 9.23. The first-order chi connectivity index (χ1) is 12.9. The molecule has 2 aromatic rings. The van der Waals surface area contributed by atoms with Crippen molar-refractivity contribution in [3.05, 3.63) is 50.9 Å². The van der Waals surface area contributed by atoms with Gasteiger partial charge < -0.3 is 5.32 Å². The molecule has 27 heavy (non-hydrogen) atoms. The van der Waals surface area contributed by atoms with E-state index in [1.165, 1.54) is 30.4 Å². The van der Waals surface area contributed by atoms with Crippen LogP contribution in [0.15, 0.2) is 29.2 Å². The minimum absolute atomic E-state index is 0.103. The van der Waals surface area contributed by atoms with Crippen LogP contribution < -0.4 is 10.9 Å². The Kier molecular flexibility index (Phi) is 3.91. The molecule has 0 atom stereocenters. The first kappa shape index (κ1) is 17.3. The number of aryl methyl sites for hydroxylation is 2. The molecule has 4 aliphatic carbocycles. The highest BCUT2D eigenvalue weighted by Gasteiger charge is 2.53. The van der Waals surface area contributed by atoms with Crippen LogP contribution >= 0.6 is 11.6 Å². The molecule has 142 valence electrons. The normalized spacial score (nSPS) is 31.3. The van der Waals surface area contributed by atoms with Crippen LogP contribution in [0.2, 0.25) is 5.02 Å². The Labute approximate surface area is 164 Å². The van der Waals surface area contributed by atoms with Crippen molar-refractivity contribution in [3.8, 4) is 0 Å². The molecule has 1 heterocycles. The molecule has 0 amide bonds. The third-order valence-corrected chi connectivity index (χ3v) is 7.24. The maximum atomic E-state index is 13.2. The summed E-state index contributed by atoms with van der Waals surface area (Å²) < 4.78 is 1.74. The van der Waals surface area contributed by atoms with Gasteiger partial charge in [-0.15, -0.1) is 0 Å². The summed E-state index contributed by atoms with van der Waals surface area (Å²) >= 11 is 6.53. The van der Waals surface area contributed by atoms with Crippen LogP contribution in [0.4, 0.5) is 11.4 Å². The zero-order chi connectivity index (χ0) is 18.8. The molecule has 4 aliphatic rings. The predicted molar refractivity (Wildman–Crippen MR) is 109 cm³/mol. The molecule has 4 saturated carbocycles. The van der Waals surface area contributed by atoms with Gasteiger partial charge in [0.25, 0.3) is 5.56 Å². The van der Waals surface area contributed by atoms with Gasteiger partial charge >= 0.3 is 0 Å². The van der Waals surface area contributed by atoms with Gasteiger partial charge in [0.05, 0.1) is 17.4 Å². The Balaban J connectivity index is 1.50. The molecule has 4 bridgehead atoms. The maximum absolute atomic E-state index is 13.2. The summed E-state index contributed by atoms with van der Waals surface area (Å²) in [6.45, 7) is 4.12. The fourth-order valence-corrected chi connectivity index (χ4v) is 6.56. The lowest BCUT2D eigenvalue weighted by molar-refractivity contribution is -0.0518. The molecule has 0 unspecified atom stereocenters. The van der Waals surface area contributed by atoms with Gasteiger partial charge in [-0.3, -0.25) is 4.79 Å². The number of hydrogen-bond donors (Lipinski definition) is 1. The molecular formula is C22H26ClN3O. The molecule has 0 radical (unpaired) electrons. The summed E-state index contributed by atoms with van der Waals surface area (Å²) in [7, 11) is 0. The minimum Gasteiger partial charge on any atom is -0.353 e. The van der Waals surface area contributed by atoms with E-state index in [1.54, 1.807) is 10.9 Å². The highest BCUT2D eigenvalue weighted by molar-refractivity contribution is 6.33. The average molecular weight is 384 g/mol. The number of anilines is 2. The summed E-state index contributed by atoms with van der Waals surface area (Å²) in [5, 5.41) is 8.17. The smallest absolute Gasteiger partial charge is 0.288 e. The van der Waals surface area contributed by atoms with Crippen LogP contribution in [-0.2, 0) is 5.54 Å². The summed E-state index contributed by atoms with van der Waals surface area (Å²) in [6, 6.07) is 6.22. The van der Waals surface area contributed by atoms with E-state index in [9.17, 15) is 4.79 Å². The van der Waals surface area contributed by atoms with Gasteiger partial charge in [-0.05, 0) is 93.4 Å². The standard InChI is InChI=1S/C22H26ClN3O/c1-13-3-14(2)5-18(4-13)25-19-12-24-26(21(27)20(19)23)22-9-15-6-16(10-22)8-17(7-15)11-22/h3-5,12,15-17,25H,6-11H2,1-2H3. The Hall–Kier alpha value is -1.81. The number of halogens is 1. The molecular weight excluding hydrogens is 358 g/mol. The fraction of sp³-hybridized carbons (Fsp3) is 0.545. The van der Waals surface area contributed by atoms with Gasteiger partial charge in [0, 0.05) is 5.69 Å². The first-order valence-corrected chi connectivity index (χ1v) is 10.4. The third-order valence-electron chi connectivity index (χ3n) is 6.87.